The zero-order chi connectivity index (χ0) is 13.1. The molecule has 0 fully saturated rings. The Kier molecular flexibility index (Phi) is 3.74. The van der Waals surface area contributed by atoms with Crippen LogP contribution in [0.25, 0.3) is 0 Å². The zero-order valence-electron chi connectivity index (χ0n) is 9.13. The molecule has 1 aromatic carbocycles. The second-order valence-corrected chi connectivity index (χ2v) is 5.12. The highest BCUT2D eigenvalue weighted by Crippen LogP contribution is 2.25. The number of hydrogen-bond acceptors (Lipinski definition) is 4. The van der Waals surface area contributed by atoms with Crippen molar-refractivity contribution < 1.29 is 9.72 Å². The molecule has 1 aromatic heterocycles. The van der Waals surface area contributed by atoms with Crippen LogP contribution in [0.15, 0.2) is 36.4 Å². The highest BCUT2D eigenvalue weighted by atomic mass is 35.5. The number of carbonyl (C=O) groups is 1. The average Bonchev–Trinajstić information content (AvgIpc) is 2.78. The molecule has 2 aromatic rings. The molecular weight excluding hydrogens is 274 g/mol. The summed E-state index contributed by atoms with van der Waals surface area (Å²) in [6.45, 7) is 0. The van der Waals surface area contributed by atoms with Crippen LogP contribution in [-0.4, -0.2) is 10.7 Å². The fourth-order valence-electron chi connectivity index (χ4n) is 1.50. The van der Waals surface area contributed by atoms with Crippen LogP contribution in [0.1, 0.15) is 15.2 Å². The quantitative estimate of drug-likeness (QED) is 0.487. The second-order valence-electron chi connectivity index (χ2n) is 3.62. The SMILES string of the molecule is O=C(Cc1cccc(Cl)c1)c1ccc([N+](=O)[O-])s1. The third kappa shape index (κ3) is 2.94. The summed E-state index contributed by atoms with van der Waals surface area (Å²) in [6, 6.07) is 9.83. The Morgan fingerprint density at radius 1 is 1.33 bits per heavy atom. The molecule has 0 aliphatic carbocycles. The van der Waals surface area contributed by atoms with Gasteiger partial charge in [-0.3, -0.25) is 14.9 Å². The molecule has 92 valence electrons. The van der Waals surface area contributed by atoms with E-state index in [-0.39, 0.29) is 17.2 Å². The Labute approximate surface area is 112 Å². The van der Waals surface area contributed by atoms with Crippen LogP contribution < -0.4 is 0 Å². The summed E-state index contributed by atoms with van der Waals surface area (Å²) in [4.78, 5) is 22.3. The number of hydrogen-bond donors (Lipinski definition) is 0. The molecule has 0 unspecified atom stereocenters. The van der Waals surface area contributed by atoms with Crippen molar-refractivity contribution >= 4 is 33.7 Å². The summed E-state index contributed by atoms with van der Waals surface area (Å²) in [5.74, 6) is -0.143. The van der Waals surface area contributed by atoms with Crippen molar-refractivity contribution in [3.05, 3.63) is 62.0 Å². The lowest BCUT2D eigenvalue weighted by Gasteiger charge is -1.99. The number of rotatable bonds is 4. The smallest absolute Gasteiger partial charge is 0.293 e. The lowest BCUT2D eigenvalue weighted by Crippen LogP contribution is -2.00. The van der Waals surface area contributed by atoms with Crippen LogP contribution in [0.5, 0.6) is 0 Å². The van der Waals surface area contributed by atoms with E-state index in [1.165, 1.54) is 12.1 Å². The summed E-state index contributed by atoms with van der Waals surface area (Å²) < 4.78 is 0. The number of Topliss-reactive ketones (excluding diaryl/α,β-unsaturated/α-hetero) is 1. The Bertz CT molecular complexity index is 609. The maximum Gasteiger partial charge on any atom is 0.324 e. The third-order valence-corrected chi connectivity index (χ3v) is 3.61. The normalized spacial score (nSPS) is 10.3. The number of carbonyl (C=O) groups excluding carboxylic acids is 1. The van der Waals surface area contributed by atoms with Crippen LogP contribution >= 0.6 is 22.9 Å². The van der Waals surface area contributed by atoms with Gasteiger partial charge in [0.1, 0.15) is 0 Å². The molecule has 0 spiro atoms. The lowest BCUT2D eigenvalue weighted by atomic mass is 10.1. The first-order valence-electron chi connectivity index (χ1n) is 5.08. The minimum atomic E-state index is -0.499. The van der Waals surface area contributed by atoms with Gasteiger partial charge in [-0.2, -0.15) is 0 Å². The van der Waals surface area contributed by atoms with Crippen molar-refractivity contribution in [1.82, 2.24) is 0 Å². The topological polar surface area (TPSA) is 60.2 Å². The summed E-state index contributed by atoms with van der Waals surface area (Å²) in [7, 11) is 0. The number of nitrogens with zero attached hydrogens (tertiary/aromatic N) is 1. The molecule has 0 N–H and O–H groups in total. The van der Waals surface area contributed by atoms with Crippen molar-refractivity contribution in [2.75, 3.05) is 0 Å². The van der Waals surface area contributed by atoms with E-state index in [1.807, 2.05) is 0 Å². The van der Waals surface area contributed by atoms with E-state index >= 15 is 0 Å². The summed E-state index contributed by atoms with van der Waals surface area (Å²) >= 11 is 6.71. The first kappa shape index (κ1) is 12.7. The molecule has 2 rings (SSSR count). The van der Waals surface area contributed by atoms with Gasteiger partial charge in [0, 0.05) is 17.5 Å². The van der Waals surface area contributed by atoms with Gasteiger partial charge in [-0.15, -0.1) is 0 Å². The first-order chi connectivity index (χ1) is 8.56. The summed E-state index contributed by atoms with van der Waals surface area (Å²) in [5.41, 5.74) is 0.795. The van der Waals surface area contributed by atoms with Gasteiger partial charge in [-0.25, -0.2) is 0 Å². The molecule has 18 heavy (non-hydrogen) atoms. The van der Waals surface area contributed by atoms with Crippen molar-refractivity contribution in [2.24, 2.45) is 0 Å². The largest absolute Gasteiger partial charge is 0.324 e. The van der Waals surface area contributed by atoms with Gasteiger partial charge < -0.3 is 0 Å². The fraction of sp³-hybridized carbons (Fsp3) is 0.0833. The summed E-state index contributed by atoms with van der Waals surface area (Å²) in [5, 5.41) is 11.1. The van der Waals surface area contributed by atoms with Crippen molar-refractivity contribution in [3.8, 4) is 0 Å². The highest BCUT2D eigenvalue weighted by Gasteiger charge is 2.15. The van der Waals surface area contributed by atoms with Gasteiger partial charge in [0.25, 0.3) is 0 Å². The lowest BCUT2D eigenvalue weighted by molar-refractivity contribution is -0.380. The molecule has 0 aliphatic rings. The Morgan fingerprint density at radius 3 is 2.72 bits per heavy atom. The Hall–Kier alpha value is -1.72. The number of nitro groups is 1. The van der Waals surface area contributed by atoms with E-state index in [1.54, 1.807) is 24.3 Å². The van der Waals surface area contributed by atoms with E-state index in [4.69, 9.17) is 11.6 Å². The minimum absolute atomic E-state index is 0.0237. The van der Waals surface area contributed by atoms with Gasteiger partial charge in [-0.05, 0) is 23.8 Å². The predicted octanol–water partition coefficient (Wildman–Crippen LogP) is 3.74. The van der Waals surface area contributed by atoms with Gasteiger partial charge in [0.15, 0.2) is 5.78 Å². The maximum absolute atomic E-state index is 11.9. The van der Waals surface area contributed by atoms with Crippen LogP contribution in [0, 0.1) is 10.1 Å². The van der Waals surface area contributed by atoms with Gasteiger partial charge in [0.2, 0.25) is 0 Å². The van der Waals surface area contributed by atoms with Crippen LogP contribution in [0.4, 0.5) is 5.00 Å². The zero-order valence-corrected chi connectivity index (χ0v) is 10.7. The van der Waals surface area contributed by atoms with Crippen molar-refractivity contribution in [1.29, 1.82) is 0 Å². The average molecular weight is 282 g/mol. The van der Waals surface area contributed by atoms with Crippen LogP contribution in [0.3, 0.4) is 0 Å². The number of ketones is 1. The highest BCUT2D eigenvalue weighted by molar-refractivity contribution is 7.17. The molecule has 6 heteroatoms. The van der Waals surface area contributed by atoms with E-state index in [0.717, 1.165) is 16.9 Å². The van der Waals surface area contributed by atoms with E-state index in [2.05, 4.69) is 0 Å². The number of thiophene rings is 1. The maximum atomic E-state index is 11.9. The molecule has 0 radical (unpaired) electrons. The van der Waals surface area contributed by atoms with Crippen molar-refractivity contribution in [3.63, 3.8) is 0 Å². The van der Waals surface area contributed by atoms with E-state index < -0.39 is 4.92 Å². The molecular formula is C12H8ClNO3S. The third-order valence-electron chi connectivity index (χ3n) is 2.30. The van der Waals surface area contributed by atoms with E-state index in [0.29, 0.717) is 9.90 Å². The number of benzene rings is 1. The Balaban J connectivity index is 2.14. The molecule has 4 nitrogen and oxygen atoms in total. The molecule has 0 bridgehead atoms. The molecule has 0 saturated carbocycles. The molecule has 0 atom stereocenters. The molecule has 0 amide bonds. The van der Waals surface area contributed by atoms with Crippen LogP contribution in [0.2, 0.25) is 5.02 Å². The second kappa shape index (κ2) is 5.29. The van der Waals surface area contributed by atoms with Gasteiger partial charge >= 0.3 is 5.00 Å². The molecule has 0 aliphatic heterocycles. The first-order valence-corrected chi connectivity index (χ1v) is 6.27. The Morgan fingerprint density at radius 2 is 2.11 bits per heavy atom. The number of halogens is 1. The predicted molar refractivity (Wildman–Crippen MR) is 70.5 cm³/mol. The van der Waals surface area contributed by atoms with E-state index in [9.17, 15) is 14.9 Å². The molecule has 0 saturated heterocycles. The fourth-order valence-corrected chi connectivity index (χ4v) is 2.47. The van der Waals surface area contributed by atoms with Crippen LogP contribution in [-0.2, 0) is 6.42 Å². The monoisotopic (exact) mass is 281 g/mol. The standard InChI is InChI=1S/C12H8ClNO3S/c13-9-3-1-2-8(6-9)7-10(15)11-4-5-12(18-11)14(16)17/h1-6H,7H2. The minimum Gasteiger partial charge on any atom is -0.293 e. The summed E-state index contributed by atoms with van der Waals surface area (Å²) in [6.07, 6.45) is 0.193. The van der Waals surface area contributed by atoms with Gasteiger partial charge in [0.05, 0.1) is 9.80 Å². The molecule has 1 heterocycles. The van der Waals surface area contributed by atoms with Crippen molar-refractivity contribution in [2.45, 2.75) is 6.42 Å². The van der Waals surface area contributed by atoms with Gasteiger partial charge in [-0.1, -0.05) is 35.1 Å².